The molecule has 0 radical (unpaired) electrons. The SMILES string of the molecule is CCC[N+](C)(C)CCCOc1cc(/C=C/c2ccc(/C=C/c3cc(OCCC[N+](C)(C)CCC)cc(OCCC[N+](C)(C)CCC)c3)cc2)cc(OCCC[N+](C)(C)CCC)c1. The van der Waals surface area contributed by atoms with Crippen molar-refractivity contribution in [3.05, 3.63) is 82.9 Å². The molecule has 3 aromatic rings. The highest BCUT2D eigenvalue weighted by Crippen LogP contribution is 2.27. The first-order valence-corrected chi connectivity index (χ1v) is 24.0. The van der Waals surface area contributed by atoms with Gasteiger partial charge in [-0.25, -0.2) is 0 Å². The van der Waals surface area contributed by atoms with Gasteiger partial charge >= 0.3 is 0 Å². The summed E-state index contributed by atoms with van der Waals surface area (Å²) in [7, 11) is 18.4. The van der Waals surface area contributed by atoms with Gasteiger partial charge in [0.25, 0.3) is 0 Å². The van der Waals surface area contributed by atoms with Crippen LogP contribution in [0.1, 0.15) is 101 Å². The second kappa shape index (κ2) is 26.7. The summed E-state index contributed by atoms with van der Waals surface area (Å²) in [6.07, 6.45) is 17.5. The van der Waals surface area contributed by atoms with Gasteiger partial charge in [-0.1, -0.05) is 76.3 Å². The summed E-state index contributed by atoms with van der Waals surface area (Å²) in [6.45, 7) is 20.9. The number of quaternary nitrogens is 4. The van der Waals surface area contributed by atoms with Crippen molar-refractivity contribution < 1.29 is 36.9 Å². The molecular weight excluding hydrogens is 769 g/mol. The zero-order valence-corrected chi connectivity index (χ0v) is 41.6. The third-order valence-electron chi connectivity index (χ3n) is 11.7. The van der Waals surface area contributed by atoms with Crippen LogP contribution in [0, 0.1) is 0 Å². The molecule has 0 aromatic heterocycles. The maximum atomic E-state index is 6.34. The third kappa shape index (κ3) is 22.0. The van der Waals surface area contributed by atoms with Crippen molar-refractivity contribution >= 4 is 24.3 Å². The molecule has 0 bridgehead atoms. The normalized spacial score (nSPS) is 12.7. The average molecular weight is 859 g/mol. The van der Waals surface area contributed by atoms with E-state index >= 15 is 0 Å². The summed E-state index contributed by atoms with van der Waals surface area (Å²) in [4.78, 5) is 0. The predicted octanol–water partition coefficient (Wildman–Crippen LogP) is 11.0. The van der Waals surface area contributed by atoms with E-state index in [0.29, 0.717) is 26.4 Å². The molecule has 0 N–H and O–H groups in total. The smallest absolute Gasteiger partial charge is 0.123 e. The Morgan fingerprint density at radius 3 is 0.774 bits per heavy atom. The Labute approximate surface area is 380 Å². The van der Waals surface area contributed by atoms with Crippen LogP contribution in [0.2, 0.25) is 0 Å². The van der Waals surface area contributed by atoms with Crippen LogP contribution in [-0.2, 0) is 0 Å². The highest BCUT2D eigenvalue weighted by molar-refractivity contribution is 5.74. The number of nitrogens with zero attached hydrogens (tertiary/aromatic N) is 4. The molecular formula is C54H90N4O4+4. The van der Waals surface area contributed by atoms with E-state index in [4.69, 9.17) is 18.9 Å². The lowest BCUT2D eigenvalue weighted by atomic mass is 10.1. The molecule has 0 saturated heterocycles. The number of hydrogen-bond donors (Lipinski definition) is 0. The Kier molecular flexibility index (Phi) is 22.6. The first-order valence-electron chi connectivity index (χ1n) is 24.0. The lowest BCUT2D eigenvalue weighted by molar-refractivity contribution is -0.890. The average Bonchev–Trinajstić information content (AvgIpc) is 3.20. The van der Waals surface area contributed by atoms with E-state index in [2.05, 4.69) is 169 Å². The van der Waals surface area contributed by atoms with Crippen LogP contribution in [-0.4, -0.2) is 153 Å². The minimum Gasteiger partial charge on any atom is -0.493 e. The molecule has 0 saturated carbocycles. The van der Waals surface area contributed by atoms with Gasteiger partial charge in [-0.3, -0.25) is 0 Å². The molecule has 8 nitrogen and oxygen atoms in total. The molecule has 3 aromatic carbocycles. The lowest BCUT2D eigenvalue weighted by Crippen LogP contribution is -2.41. The Bertz CT molecular complexity index is 1550. The van der Waals surface area contributed by atoms with E-state index in [1.165, 1.54) is 51.9 Å². The van der Waals surface area contributed by atoms with Crippen LogP contribution in [0.25, 0.3) is 24.3 Å². The van der Waals surface area contributed by atoms with E-state index < -0.39 is 0 Å². The van der Waals surface area contributed by atoms with Crippen LogP contribution in [0.4, 0.5) is 0 Å². The molecule has 0 unspecified atom stereocenters. The standard InChI is InChI=1S/C54H90N4O4/c1-13-29-55(5,6)33-17-37-59-51-41-49(42-52(45-51)60-38-18-34-56(7,8)30-14-2)27-25-47-21-23-48(24-22-47)26-28-50-43-53(61-39-19-35-57(9,10)31-15-3)46-54(44-50)62-40-20-36-58(11,12)32-16-4/h21-28,41-46H,13-20,29-40H2,1-12H3/q+4/b27-25+,28-26+. The van der Waals surface area contributed by atoms with Crippen molar-refractivity contribution in [1.29, 1.82) is 0 Å². The van der Waals surface area contributed by atoms with Gasteiger partial charge in [-0.15, -0.1) is 0 Å². The summed E-state index contributed by atoms with van der Waals surface area (Å²) >= 11 is 0. The third-order valence-corrected chi connectivity index (χ3v) is 11.7. The minimum absolute atomic E-state index is 0.690. The van der Waals surface area contributed by atoms with E-state index in [1.807, 2.05) is 0 Å². The zero-order chi connectivity index (χ0) is 45.5. The van der Waals surface area contributed by atoms with Gasteiger partial charge < -0.3 is 36.9 Å². The van der Waals surface area contributed by atoms with Gasteiger partial charge in [0.05, 0.1) is 135 Å². The molecule has 3 rings (SSSR count). The molecule has 0 heterocycles. The van der Waals surface area contributed by atoms with Crippen LogP contribution < -0.4 is 18.9 Å². The summed E-state index contributed by atoms with van der Waals surface area (Å²) in [5.74, 6) is 3.44. The van der Waals surface area contributed by atoms with Crippen molar-refractivity contribution in [2.75, 3.05) is 135 Å². The summed E-state index contributed by atoms with van der Waals surface area (Å²) < 4.78 is 29.4. The Morgan fingerprint density at radius 2 is 0.548 bits per heavy atom. The monoisotopic (exact) mass is 859 g/mol. The maximum Gasteiger partial charge on any atom is 0.123 e. The Morgan fingerprint density at radius 1 is 0.323 bits per heavy atom. The molecule has 8 heteroatoms. The molecule has 0 spiro atoms. The first-order chi connectivity index (χ1) is 29.5. The molecule has 0 aliphatic carbocycles. The van der Waals surface area contributed by atoms with Gasteiger partial charge in [0.2, 0.25) is 0 Å². The fourth-order valence-corrected chi connectivity index (χ4v) is 8.42. The van der Waals surface area contributed by atoms with Crippen molar-refractivity contribution in [3.63, 3.8) is 0 Å². The maximum absolute atomic E-state index is 6.34. The second-order valence-corrected chi connectivity index (χ2v) is 20.1. The summed E-state index contributed by atoms with van der Waals surface area (Å²) in [5, 5.41) is 0. The minimum atomic E-state index is 0.690. The van der Waals surface area contributed by atoms with Gasteiger partial charge in [0, 0.05) is 37.8 Å². The van der Waals surface area contributed by atoms with Crippen molar-refractivity contribution in [3.8, 4) is 23.0 Å². The summed E-state index contributed by atoms with van der Waals surface area (Å²) in [6, 6.07) is 21.3. The Balaban J connectivity index is 1.72. The lowest BCUT2D eigenvalue weighted by Gasteiger charge is -2.29. The van der Waals surface area contributed by atoms with E-state index in [9.17, 15) is 0 Å². The molecule has 0 fully saturated rings. The number of benzene rings is 3. The molecule has 0 atom stereocenters. The van der Waals surface area contributed by atoms with E-state index in [-0.39, 0.29) is 0 Å². The molecule has 62 heavy (non-hydrogen) atoms. The Hall–Kier alpha value is -3.82. The van der Waals surface area contributed by atoms with Crippen LogP contribution >= 0.6 is 0 Å². The van der Waals surface area contributed by atoms with Gasteiger partial charge in [0.1, 0.15) is 23.0 Å². The van der Waals surface area contributed by atoms with Gasteiger partial charge in [-0.05, 0) is 72.2 Å². The highest BCUT2D eigenvalue weighted by atomic mass is 16.5. The van der Waals surface area contributed by atoms with Crippen molar-refractivity contribution in [2.45, 2.75) is 79.1 Å². The predicted molar refractivity (Wildman–Crippen MR) is 266 cm³/mol. The topological polar surface area (TPSA) is 36.9 Å². The van der Waals surface area contributed by atoms with E-state index in [1.54, 1.807) is 0 Å². The van der Waals surface area contributed by atoms with E-state index in [0.717, 1.165) is 115 Å². The van der Waals surface area contributed by atoms with Crippen LogP contribution in [0.15, 0.2) is 60.7 Å². The fourth-order valence-electron chi connectivity index (χ4n) is 8.42. The number of rotatable bonds is 32. The van der Waals surface area contributed by atoms with Crippen molar-refractivity contribution in [2.24, 2.45) is 0 Å². The molecule has 0 amide bonds. The molecule has 346 valence electrons. The largest absolute Gasteiger partial charge is 0.493 e. The van der Waals surface area contributed by atoms with Gasteiger partial charge in [-0.2, -0.15) is 0 Å². The molecule has 0 aliphatic rings. The number of hydrogen-bond acceptors (Lipinski definition) is 4. The fraction of sp³-hybridized carbons (Fsp3) is 0.593. The highest BCUT2D eigenvalue weighted by Gasteiger charge is 2.16. The second-order valence-electron chi connectivity index (χ2n) is 20.1. The molecule has 0 aliphatic heterocycles. The number of ether oxygens (including phenoxy) is 4. The van der Waals surface area contributed by atoms with Gasteiger partial charge in [0.15, 0.2) is 0 Å². The first kappa shape index (κ1) is 52.5. The zero-order valence-electron chi connectivity index (χ0n) is 41.6. The summed E-state index contributed by atoms with van der Waals surface area (Å²) in [5.41, 5.74) is 4.40. The van der Waals surface area contributed by atoms with Crippen molar-refractivity contribution in [1.82, 2.24) is 0 Å². The van der Waals surface area contributed by atoms with Crippen LogP contribution in [0.3, 0.4) is 0 Å². The van der Waals surface area contributed by atoms with Crippen LogP contribution in [0.5, 0.6) is 23.0 Å². The quantitative estimate of drug-likeness (QED) is 0.0356.